The van der Waals surface area contributed by atoms with Gasteiger partial charge in [-0.25, -0.2) is 4.98 Å². The van der Waals surface area contributed by atoms with Crippen molar-refractivity contribution in [2.24, 2.45) is 0 Å². The lowest BCUT2D eigenvalue weighted by Crippen LogP contribution is -2.06. The molecule has 9 rings (SSSR count). The Morgan fingerprint density at radius 1 is 0.548 bits per heavy atom. The van der Waals surface area contributed by atoms with Crippen molar-refractivity contribution in [2.45, 2.75) is 0 Å². The Hall–Kier alpha value is -5.88. The van der Waals surface area contributed by atoms with Crippen molar-refractivity contribution in [1.29, 1.82) is 0 Å². The van der Waals surface area contributed by atoms with E-state index in [2.05, 4.69) is 58.1 Å². The number of fused-ring (bicyclic) bond motifs is 8. The number of nitrogens with zero attached hydrogens (tertiary/aromatic N) is 5. The van der Waals surface area contributed by atoms with Crippen LogP contribution in [0.15, 0.2) is 132 Å². The average Bonchev–Trinajstić information content (AvgIpc) is 3.59. The third-order valence-corrected chi connectivity index (χ3v) is 7.88. The van der Waals surface area contributed by atoms with E-state index < -0.39 is 0 Å². The fourth-order valence-electron chi connectivity index (χ4n) is 5.95. The molecule has 0 aliphatic carbocycles. The molecule has 0 aliphatic rings. The van der Waals surface area contributed by atoms with Gasteiger partial charge in [0.1, 0.15) is 11.1 Å². The number of furan rings is 1. The third kappa shape index (κ3) is 3.39. The largest absolute Gasteiger partial charge is 0.454 e. The van der Waals surface area contributed by atoms with Gasteiger partial charge in [-0.1, -0.05) is 91.0 Å². The molecule has 4 aromatic heterocycles. The minimum Gasteiger partial charge on any atom is -0.454 e. The van der Waals surface area contributed by atoms with Gasteiger partial charge in [0.15, 0.2) is 17.2 Å². The van der Waals surface area contributed by atoms with Crippen LogP contribution in [0.2, 0.25) is 0 Å². The lowest BCUT2D eigenvalue weighted by molar-refractivity contribution is 0.671. The standard InChI is InChI=1S/C36H21N5O/c1-3-10-22(11-4-1)34-38-35(23-12-5-2-6-13-23)40-36(39-34)41-30-16-8-7-15-25(30)26-17-18-27-28-21-29-24(14-9-19-37-29)20-31(28)42-33(27)32(26)41/h1-21H. The van der Waals surface area contributed by atoms with Crippen molar-refractivity contribution in [1.82, 2.24) is 24.5 Å². The molecule has 42 heavy (non-hydrogen) atoms. The number of rotatable bonds is 3. The molecule has 0 fully saturated rings. The average molecular weight is 540 g/mol. The van der Waals surface area contributed by atoms with Gasteiger partial charge in [0.05, 0.1) is 11.0 Å². The lowest BCUT2D eigenvalue weighted by Gasteiger charge is -2.11. The summed E-state index contributed by atoms with van der Waals surface area (Å²) in [6.45, 7) is 0. The Morgan fingerprint density at radius 3 is 2.00 bits per heavy atom. The predicted molar refractivity (Wildman–Crippen MR) is 168 cm³/mol. The molecule has 196 valence electrons. The molecule has 4 heterocycles. The van der Waals surface area contributed by atoms with E-state index in [4.69, 9.17) is 19.4 Å². The molecular formula is C36H21N5O. The molecule has 0 bridgehead atoms. The Balaban J connectivity index is 1.42. The second kappa shape index (κ2) is 8.81. The summed E-state index contributed by atoms with van der Waals surface area (Å²) in [4.78, 5) is 19.6. The van der Waals surface area contributed by atoms with Crippen LogP contribution in [-0.4, -0.2) is 24.5 Å². The van der Waals surface area contributed by atoms with Gasteiger partial charge in [-0.2, -0.15) is 9.97 Å². The Morgan fingerprint density at radius 2 is 1.24 bits per heavy atom. The van der Waals surface area contributed by atoms with Crippen LogP contribution in [0.3, 0.4) is 0 Å². The zero-order chi connectivity index (χ0) is 27.6. The molecule has 0 saturated heterocycles. The molecule has 0 amide bonds. The van der Waals surface area contributed by atoms with Crippen LogP contribution in [0.4, 0.5) is 0 Å². The van der Waals surface area contributed by atoms with Crippen molar-refractivity contribution in [3.63, 3.8) is 0 Å². The number of aromatic nitrogens is 5. The highest BCUT2D eigenvalue weighted by molar-refractivity contribution is 6.22. The number of hydrogen-bond donors (Lipinski definition) is 0. The number of hydrogen-bond acceptors (Lipinski definition) is 5. The van der Waals surface area contributed by atoms with Crippen LogP contribution in [0.25, 0.3) is 83.4 Å². The quantitative estimate of drug-likeness (QED) is 0.224. The first-order chi connectivity index (χ1) is 20.8. The fraction of sp³-hybridized carbons (Fsp3) is 0. The van der Waals surface area contributed by atoms with Gasteiger partial charge in [0.2, 0.25) is 5.95 Å². The molecule has 9 aromatic rings. The molecule has 0 unspecified atom stereocenters. The van der Waals surface area contributed by atoms with Crippen LogP contribution in [0.1, 0.15) is 0 Å². The van der Waals surface area contributed by atoms with E-state index in [0.717, 1.165) is 65.8 Å². The van der Waals surface area contributed by atoms with Gasteiger partial charge in [-0.3, -0.25) is 9.55 Å². The van der Waals surface area contributed by atoms with Crippen LogP contribution >= 0.6 is 0 Å². The third-order valence-electron chi connectivity index (χ3n) is 7.88. The van der Waals surface area contributed by atoms with Crippen molar-refractivity contribution >= 4 is 54.6 Å². The topological polar surface area (TPSA) is 69.6 Å². The van der Waals surface area contributed by atoms with E-state index in [1.807, 2.05) is 79.0 Å². The highest BCUT2D eigenvalue weighted by atomic mass is 16.3. The molecule has 0 aliphatic heterocycles. The summed E-state index contributed by atoms with van der Waals surface area (Å²) in [6, 6.07) is 40.9. The predicted octanol–water partition coefficient (Wildman–Crippen LogP) is 8.75. The minimum atomic E-state index is 0.536. The molecule has 0 saturated carbocycles. The van der Waals surface area contributed by atoms with Crippen LogP contribution in [-0.2, 0) is 0 Å². The Bertz CT molecular complexity index is 2400. The van der Waals surface area contributed by atoms with Crippen LogP contribution in [0, 0.1) is 0 Å². The minimum absolute atomic E-state index is 0.536. The van der Waals surface area contributed by atoms with Crippen molar-refractivity contribution < 1.29 is 4.42 Å². The second-order valence-corrected chi connectivity index (χ2v) is 10.4. The monoisotopic (exact) mass is 539 g/mol. The summed E-state index contributed by atoms with van der Waals surface area (Å²) < 4.78 is 8.79. The normalized spacial score (nSPS) is 11.8. The summed E-state index contributed by atoms with van der Waals surface area (Å²) >= 11 is 0. The summed E-state index contributed by atoms with van der Waals surface area (Å²) in [5, 5.41) is 5.26. The molecule has 6 heteroatoms. The summed E-state index contributed by atoms with van der Waals surface area (Å²) in [6.07, 6.45) is 1.82. The smallest absolute Gasteiger partial charge is 0.238 e. The zero-order valence-corrected chi connectivity index (χ0v) is 22.3. The van der Waals surface area contributed by atoms with Crippen molar-refractivity contribution in [2.75, 3.05) is 0 Å². The number of benzene rings is 5. The molecule has 0 atom stereocenters. The molecular weight excluding hydrogens is 518 g/mol. The zero-order valence-electron chi connectivity index (χ0n) is 22.3. The first kappa shape index (κ1) is 22.9. The number of para-hydroxylation sites is 1. The van der Waals surface area contributed by atoms with E-state index in [1.165, 1.54) is 0 Å². The van der Waals surface area contributed by atoms with Gasteiger partial charge in [-0.05, 0) is 30.3 Å². The first-order valence-corrected chi connectivity index (χ1v) is 13.8. The maximum absolute atomic E-state index is 6.68. The van der Waals surface area contributed by atoms with Gasteiger partial charge in [-0.15, -0.1) is 0 Å². The maximum atomic E-state index is 6.68. The Labute approximate surface area is 239 Å². The van der Waals surface area contributed by atoms with E-state index in [1.54, 1.807) is 0 Å². The second-order valence-electron chi connectivity index (χ2n) is 10.4. The molecule has 0 radical (unpaired) electrons. The lowest BCUT2D eigenvalue weighted by atomic mass is 10.1. The molecule has 5 aromatic carbocycles. The van der Waals surface area contributed by atoms with E-state index in [-0.39, 0.29) is 0 Å². The summed E-state index contributed by atoms with van der Waals surface area (Å²) in [5.74, 6) is 1.76. The van der Waals surface area contributed by atoms with Gasteiger partial charge < -0.3 is 4.42 Å². The van der Waals surface area contributed by atoms with E-state index >= 15 is 0 Å². The van der Waals surface area contributed by atoms with Gasteiger partial charge >= 0.3 is 0 Å². The van der Waals surface area contributed by atoms with E-state index in [9.17, 15) is 0 Å². The fourth-order valence-corrected chi connectivity index (χ4v) is 5.95. The van der Waals surface area contributed by atoms with Crippen LogP contribution < -0.4 is 0 Å². The Kier molecular flexibility index (Phi) is 4.80. The number of pyridine rings is 1. The van der Waals surface area contributed by atoms with E-state index in [0.29, 0.717) is 17.6 Å². The summed E-state index contributed by atoms with van der Waals surface area (Å²) in [5.41, 5.74) is 6.31. The molecule has 0 spiro atoms. The SMILES string of the molecule is c1ccc(-c2nc(-c3ccccc3)nc(-n3c4ccccc4c4ccc5c6cc7ncccc7cc6oc5c43)n2)cc1. The highest BCUT2D eigenvalue weighted by Crippen LogP contribution is 2.40. The van der Waals surface area contributed by atoms with Gasteiger partial charge in [0.25, 0.3) is 0 Å². The van der Waals surface area contributed by atoms with Crippen molar-refractivity contribution in [3.05, 3.63) is 128 Å². The maximum Gasteiger partial charge on any atom is 0.238 e. The highest BCUT2D eigenvalue weighted by Gasteiger charge is 2.22. The molecule has 0 N–H and O–H groups in total. The first-order valence-electron chi connectivity index (χ1n) is 13.8. The van der Waals surface area contributed by atoms with Crippen LogP contribution in [0.5, 0.6) is 0 Å². The summed E-state index contributed by atoms with van der Waals surface area (Å²) in [7, 11) is 0. The van der Waals surface area contributed by atoms with Crippen molar-refractivity contribution in [3.8, 4) is 28.7 Å². The van der Waals surface area contributed by atoms with Gasteiger partial charge in [0, 0.05) is 44.3 Å². The molecule has 6 nitrogen and oxygen atoms in total.